The molecule has 98 valence electrons. The zero-order valence-corrected chi connectivity index (χ0v) is 10.5. The topological polar surface area (TPSA) is 85.2 Å². The van der Waals surface area contributed by atoms with Crippen LogP contribution in [0.4, 0.5) is 5.69 Å². The molecule has 1 N–H and O–H groups in total. The normalized spacial score (nSPS) is 10.2. The molecule has 0 saturated carbocycles. The third-order valence-electron chi connectivity index (χ3n) is 2.84. The van der Waals surface area contributed by atoms with Crippen molar-refractivity contribution in [1.29, 1.82) is 0 Å². The minimum absolute atomic E-state index is 0.300. The molecular formula is C13H12N2O4. The Bertz CT molecular complexity index is 691. The van der Waals surface area contributed by atoms with Crippen LogP contribution in [0.5, 0.6) is 5.75 Å². The second kappa shape index (κ2) is 4.93. The van der Waals surface area contributed by atoms with Crippen molar-refractivity contribution >= 4 is 5.69 Å². The van der Waals surface area contributed by atoms with E-state index in [2.05, 4.69) is 4.98 Å². The number of rotatable bonds is 3. The molecule has 6 heteroatoms. The zero-order chi connectivity index (χ0) is 14.0. The van der Waals surface area contributed by atoms with Gasteiger partial charge in [0.15, 0.2) is 0 Å². The highest BCUT2D eigenvalue weighted by molar-refractivity contribution is 5.75. The van der Waals surface area contributed by atoms with Gasteiger partial charge in [0.2, 0.25) is 0 Å². The van der Waals surface area contributed by atoms with E-state index in [0.717, 1.165) is 5.56 Å². The fourth-order valence-electron chi connectivity index (χ4n) is 1.93. The molecule has 1 aromatic carbocycles. The van der Waals surface area contributed by atoms with Crippen LogP contribution in [-0.4, -0.2) is 17.0 Å². The van der Waals surface area contributed by atoms with Crippen molar-refractivity contribution in [3.8, 4) is 16.9 Å². The first-order chi connectivity index (χ1) is 9.04. The number of aromatic amines is 1. The zero-order valence-electron chi connectivity index (χ0n) is 10.5. The monoisotopic (exact) mass is 260 g/mol. The summed E-state index contributed by atoms with van der Waals surface area (Å²) in [5.74, 6) is 0.661. The Labute approximate surface area is 108 Å². The number of nitro groups is 1. The minimum Gasteiger partial charge on any atom is -0.497 e. The summed E-state index contributed by atoms with van der Waals surface area (Å²) in [5, 5.41) is 11.0. The quantitative estimate of drug-likeness (QED) is 0.677. The van der Waals surface area contributed by atoms with Crippen LogP contribution >= 0.6 is 0 Å². The fourth-order valence-corrected chi connectivity index (χ4v) is 1.93. The van der Waals surface area contributed by atoms with Gasteiger partial charge in [-0.2, -0.15) is 0 Å². The number of pyridine rings is 1. The van der Waals surface area contributed by atoms with E-state index in [9.17, 15) is 14.9 Å². The lowest BCUT2D eigenvalue weighted by Gasteiger charge is -2.08. The lowest BCUT2D eigenvalue weighted by molar-refractivity contribution is -0.385. The first kappa shape index (κ1) is 12.8. The third-order valence-corrected chi connectivity index (χ3v) is 2.84. The van der Waals surface area contributed by atoms with Gasteiger partial charge in [-0.15, -0.1) is 0 Å². The van der Waals surface area contributed by atoms with Crippen molar-refractivity contribution in [2.45, 2.75) is 6.92 Å². The van der Waals surface area contributed by atoms with Gasteiger partial charge in [0, 0.05) is 6.20 Å². The molecular weight excluding hydrogens is 248 g/mol. The van der Waals surface area contributed by atoms with Crippen LogP contribution in [0.3, 0.4) is 0 Å². The standard InChI is InChI=1S/C13H12N2O4/c1-8-7-9(19-2)3-4-10(8)11-5-6-14-13(16)12(11)15(17)18/h3-7H,1-2H3,(H,14,16). The Balaban J connectivity index is 2.69. The van der Waals surface area contributed by atoms with Gasteiger partial charge in [0.05, 0.1) is 17.6 Å². The summed E-state index contributed by atoms with van der Waals surface area (Å²) in [7, 11) is 1.55. The SMILES string of the molecule is COc1ccc(-c2cc[nH]c(=O)c2[N+](=O)[O-])c(C)c1. The van der Waals surface area contributed by atoms with Gasteiger partial charge in [-0.1, -0.05) is 6.07 Å². The molecule has 19 heavy (non-hydrogen) atoms. The van der Waals surface area contributed by atoms with Crippen LogP contribution in [-0.2, 0) is 0 Å². The van der Waals surface area contributed by atoms with Gasteiger partial charge in [0.25, 0.3) is 0 Å². The Morgan fingerprint density at radius 2 is 2.00 bits per heavy atom. The molecule has 2 rings (SSSR count). The van der Waals surface area contributed by atoms with Crippen molar-refractivity contribution < 1.29 is 9.66 Å². The molecule has 0 aliphatic heterocycles. The maximum Gasteiger partial charge on any atom is 0.341 e. The second-order valence-electron chi connectivity index (χ2n) is 4.01. The smallest absolute Gasteiger partial charge is 0.341 e. The van der Waals surface area contributed by atoms with Crippen molar-refractivity contribution in [2.75, 3.05) is 7.11 Å². The first-order valence-corrected chi connectivity index (χ1v) is 5.55. The molecule has 0 atom stereocenters. The highest BCUT2D eigenvalue weighted by Gasteiger charge is 2.21. The van der Waals surface area contributed by atoms with Gasteiger partial charge in [0.1, 0.15) is 5.75 Å². The van der Waals surface area contributed by atoms with Gasteiger partial charge in [-0.3, -0.25) is 14.9 Å². The van der Waals surface area contributed by atoms with Crippen molar-refractivity contribution in [1.82, 2.24) is 4.98 Å². The van der Waals surface area contributed by atoms with Crippen molar-refractivity contribution in [3.05, 3.63) is 56.5 Å². The number of nitrogens with zero attached hydrogens (tertiary/aromatic N) is 1. The van der Waals surface area contributed by atoms with Crippen LogP contribution in [0.1, 0.15) is 5.56 Å². The molecule has 0 fully saturated rings. The number of aryl methyl sites for hydroxylation is 1. The number of nitrogens with one attached hydrogen (secondary N) is 1. The van der Waals surface area contributed by atoms with E-state index in [4.69, 9.17) is 4.74 Å². The average molecular weight is 260 g/mol. The van der Waals surface area contributed by atoms with Crippen LogP contribution in [0, 0.1) is 17.0 Å². The largest absolute Gasteiger partial charge is 0.497 e. The summed E-state index contributed by atoms with van der Waals surface area (Å²) >= 11 is 0. The lowest BCUT2D eigenvalue weighted by Crippen LogP contribution is -2.12. The maximum atomic E-state index is 11.6. The molecule has 0 aliphatic carbocycles. The van der Waals surface area contributed by atoms with Crippen LogP contribution < -0.4 is 10.3 Å². The fraction of sp³-hybridized carbons (Fsp3) is 0.154. The average Bonchev–Trinajstić information content (AvgIpc) is 2.37. The number of benzene rings is 1. The Morgan fingerprint density at radius 1 is 1.26 bits per heavy atom. The van der Waals surface area contributed by atoms with E-state index in [1.165, 1.54) is 12.3 Å². The highest BCUT2D eigenvalue weighted by Crippen LogP contribution is 2.31. The Hall–Kier alpha value is -2.63. The summed E-state index contributed by atoms with van der Waals surface area (Å²) in [6.45, 7) is 1.81. The van der Waals surface area contributed by atoms with Gasteiger partial charge in [-0.05, 0) is 36.2 Å². The van der Waals surface area contributed by atoms with Gasteiger partial charge >= 0.3 is 11.2 Å². The Kier molecular flexibility index (Phi) is 3.33. The number of methoxy groups -OCH3 is 1. The molecule has 6 nitrogen and oxygen atoms in total. The molecule has 0 saturated heterocycles. The molecule has 2 aromatic rings. The Morgan fingerprint density at radius 3 is 2.58 bits per heavy atom. The van der Waals surface area contributed by atoms with E-state index < -0.39 is 16.2 Å². The number of hydrogen-bond acceptors (Lipinski definition) is 4. The van der Waals surface area contributed by atoms with E-state index in [1.807, 2.05) is 6.92 Å². The summed E-state index contributed by atoms with van der Waals surface area (Å²) in [6, 6.07) is 6.69. The second-order valence-corrected chi connectivity index (χ2v) is 4.01. The number of H-pyrrole nitrogens is 1. The van der Waals surface area contributed by atoms with E-state index in [0.29, 0.717) is 16.9 Å². The van der Waals surface area contributed by atoms with Crippen molar-refractivity contribution in [3.63, 3.8) is 0 Å². The van der Waals surface area contributed by atoms with Crippen LogP contribution in [0.25, 0.3) is 11.1 Å². The lowest BCUT2D eigenvalue weighted by atomic mass is 10.00. The molecule has 0 bridgehead atoms. The van der Waals surface area contributed by atoms with Crippen molar-refractivity contribution in [2.24, 2.45) is 0 Å². The predicted molar refractivity (Wildman–Crippen MR) is 70.4 cm³/mol. The summed E-state index contributed by atoms with van der Waals surface area (Å²) in [4.78, 5) is 24.2. The van der Waals surface area contributed by atoms with Crippen LogP contribution in [0.2, 0.25) is 0 Å². The first-order valence-electron chi connectivity index (χ1n) is 5.55. The molecule has 0 spiro atoms. The molecule has 0 aliphatic rings. The van der Waals surface area contributed by atoms with Gasteiger partial charge < -0.3 is 9.72 Å². The molecule has 1 aromatic heterocycles. The number of aromatic nitrogens is 1. The molecule has 0 amide bonds. The van der Waals surface area contributed by atoms with E-state index in [1.54, 1.807) is 25.3 Å². The maximum absolute atomic E-state index is 11.6. The third kappa shape index (κ3) is 2.33. The molecule has 0 unspecified atom stereocenters. The van der Waals surface area contributed by atoms with E-state index >= 15 is 0 Å². The molecule has 0 radical (unpaired) electrons. The van der Waals surface area contributed by atoms with E-state index in [-0.39, 0.29) is 0 Å². The highest BCUT2D eigenvalue weighted by atomic mass is 16.6. The minimum atomic E-state index is -0.710. The predicted octanol–water partition coefficient (Wildman–Crippen LogP) is 2.27. The summed E-state index contributed by atoms with van der Waals surface area (Å²) < 4.78 is 5.09. The van der Waals surface area contributed by atoms with Crippen LogP contribution in [0.15, 0.2) is 35.3 Å². The number of hydrogen-bond donors (Lipinski definition) is 1. The summed E-state index contributed by atoms with van der Waals surface area (Å²) in [6.07, 6.45) is 1.40. The number of ether oxygens (including phenoxy) is 1. The van der Waals surface area contributed by atoms with Gasteiger partial charge in [-0.25, -0.2) is 0 Å². The molecule has 1 heterocycles. The summed E-state index contributed by atoms with van der Waals surface area (Å²) in [5.41, 5.74) is 0.578.